The van der Waals surface area contributed by atoms with Crippen molar-refractivity contribution in [3.8, 4) is 0 Å². The van der Waals surface area contributed by atoms with Crippen LogP contribution < -0.4 is 4.90 Å². The van der Waals surface area contributed by atoms with Crippen molar-refractivity contribution in [2.24, 2.45) is 5.92 Å². The molecule has 3 aromatic rings. The largest absolute Gasteiger partial charge is 0.365 e. The lowest BCUT2D eigenvalue weighted by molar-refractivity contribution is -0.132. The fraction of sp³-hybridized carbons (Fsp3) is 0.391. The summed E-state index contributed by atoms with van der Waals surface area (Å²) >= 11 is 1.69. The SMILES string of the molecule is O=C1[C@H](CCCc2cccc3ncsc23)C[C@H]2CN(c3ccccc3F)CCN12. The first-order valence-corrected chi connectivity index (χ1v) is 11.2. The smallest absolute Gasteiger partial charge is 0.226 e. The van der Waals surface area contributed by atoms with Gasteiger partial charge in [-0.3, -0.25) is 4.79 Å². The third-order valence-corrected chi connectivity index (χ3v) is 7.22. The van der Waals surface area contributed by atoms with Crippen LogP contribution in [0.2, 0.25) is 0 Å². The van der Waals surface area contributed by atoms with Gasteiger partial charge in [-0.2, -0.15) is 0 Å². The number of anilines is 1. The molecule has 0 N–H and O–H groups in total. The highest BCUT2D eigenvalue weighted by Gasteiger charge is 2.42. The molecule has 2 saturated heterocycles. The maximum absolute atomic E-state index is 14.2. The molecule has 1 amide bonds. The lowest BCUT2D eigenvalue weighted by Gasteiger charge is -2.38. The number of benzene rings is 2. The van der Waals surface area contributed by atoms with Crippen LogP contribution in [0.5, 0.6) is 0 Å². The van der Waals surface area contributed by atoms with Crippen LogP contribution in [0.25, 0.3) is 10.2 Å². The van der Waals surface area contributed by atoms with E-state index in [1.807, 2.05) is 22.5 Å². The Bertz CT molecular complexity index is 1040. The number of nitrogens with zero attached hydrogens (tertiary/aromatic N) is 3. The van der Waals surface area contributed by atoms with Crippen molar-refractivity contribution in [2.45, 2.75) is 31.7 Å². The second-order valence-corrected chi connectivity index (χ2v) is 8.88. The lowest BCUT2D eigenvalue weighted by atomic mass is 9.96. The maximum Gasteiger partial charge on any atom is 0.226 e. The summed E-state index contributed by atoms with van der Waals surface area (Å²) < 4.78 is 15.4. The molecular formula is C23H24FN3OS. The van der Waals surface area contributed by atoms with E-state index in [4.69, 9.17) is 0 Å². The van der Waals surface area contributed by atoms with Gasteiger partial charge in [0.1, 0.15) is 5.82 Å². The van der Waals surface area contributed by atoms with Gasteiger partial charge in [-0.05, 0) is 49.4 Å². The molecule has 1 aromatic heterocycles. The average molecular weight is 410 g/mol. The van der Waals surface area contributed by atoms with E-state index in [1.54, 1.807) is 17.4 Å². The van der Waals surface area contributed by atoms with Gasteiger partial charge in [-0.1, -0.05) is 24.3 Å². The van der Waals surface area contributed by atoms with Crippen LogP contribution in [-0.4, -0.2) is 41.5 Å². The molecule has 0 saturated carbocycles. The summed E-state index contributed by atoms with van der Waals surface area (Å²) in [5, 5.41) is 0. The van der Waals surface area contributed by atoms with E-state index < -0.39 is 0 Å². The van der Waals surface area contributed by atoms with Crippen LogP contribution in [0.15, 0.2) is 48.0 Å². The van der Waals surface area contributed by atoms with Crippen LogP contribution >= 0.6 is 11.3 Å². The van der Waals surface area contributed by atoms with E-state index >= 15 is 0 Å². The number of aromatic nitrogens is 1. The number of hydrogen-bond donors (Lipinski definition) is 0. The minimum Gasteiger partial charge on any atom is -0.365 e. The van der Waals surface area contributed by atoms with Gasteiger partial charge in [0.15, 0.2) is 0 Å². The van der Waals surface area contributed by atoms with Crippen molar-refractivity contribution >= 4 is 33.1 Å². The van der Waals surface area contributed by atoms with Gasteiger partial charge in [0.05, 0.1) is 27.5 Å². The Hall–Kier alpha value is -2.47. The molecule has 2 aliphatic rings. The number of rotatable bonds is 5. The van der Waals surface area contributed by atoms with Crippen molar-refractivity contribution in [1.82, 2.24) is 9.88 Å². The number of para-hydroxylation sites is 1. The average Bonchev–Trinajstić information content (AvgIpc) is 3.33. The highest BCUT2D eigenvalue weighted by Crippen LogP contribution is 2.33. The van der Waals surface area contributed by atoms with Gasteiger partial charge < -0.3 is 9.80 Å². The van der Waals surface area contributed by atoms with Crippen LogP contribution in [0, 0.1) is 11.7 Å². The Balaban J connectivity index is 1.21. The molecule has 4 nitrogen and oxygen atoms in total. The number of halogens is 1. The fourth-order valence-corrected chi connectivity index (χ4v) is 5.69. The van der Waals surface area contributed by atoms with E-state index in [1.165, 1.54) is 16.3 Å². The summed E-state index contributed by atoms with van der Waals surface area (Å²) in [6.07, 6.45) is 3.79. The first kappa shape index (κ1) is 18.6. The number of thiazole rings is 1. The van der Waals surface area contributed by atoms with Gasteiger partial charge >= 0.3 is 0 Å². The molecule has 0 spiro atoms. The van der Waals surface area contributed by atoms with Crippen LogP contribution in [0.1, 0.15) is 24.8 Å². The summed E-state index contributed by atoms with van der Waals surface area (Å²) in [7, 11) is 0. The fourth-order valence-electron chi connectivity index (χ4n) is 4.86. The second kappa shape index (κ2) is 7.75. The third kappa shape index (κ3) is 3.50. The number of amides is 1. The number of aryl methyl sites for hydroxylation is 1. The molecule has 0 aliphatic carbocycles. The van der Waals surface area contributed by atoms with Crippen LogP contribution in [0.3, 0.4) is 0 Å². The highest BCUT2D eigenvalue weighted by atomic mass is 32.1. The molecule has 2 atom stereocenters. The molecule has 2 fully saturated rings. The Morgan fingerprint density at radius 3 is 2.93 bits per heavy atom. The first-order valence-electron chi connectivity index (χ1n) is 10.3. The monoisotopic (exact) mass is 409 g/mol. The maximum atomic E-state index is 14.2. The number of hydrogen-bond acceptors (Lipinski definition) is 4. The molecule has 0 bridgehead atoms. The Morgan fingerprint density at radius 1 is 1.14 bits per heavy atom. The molecule has 6 heteroatoms. The second-order valence-electron chi connectivity index (χ2n) is 8.03. The van der Waals surface area contributed by atoms with E-state index in [0.29, 0.717) is 24.7 Å². The standard InChI is InChI=1S/C23H24FN3OS/c24-19-8-1-2-10-21(19)26-11-12-27-18(14-26)13-17(23(27)28)7-3-5-16-6-4-9-20-22(16)29-15-25-20/h1-2,4,6,8-10,15,17-18H,3,5,7,11-14H2/t17-,18+/m1/s1. The minimum absolute atomic E-state index is 0.0984. The number of piperazine rings is 1. The summed E-state index contributed by atoms with van der Waals surface area (Å²) in [5.41, 5.74) is 4.95. The van der Waals surface area contributed by atoms with E-state index in [9.17, 15) is 9.18 Å². The van der Waals surface area contributed by atoms with Crippen molar-refractivity contribution in [1.29, 1.82) is 0 Å². The summed E-state index contributed by atoms with van der Waals surface area (Å²) in [6, 6.07) is 13.4. The Kier molecular flexibility index (Phi) is 4.96. The van der Waals surface area contributed by atoms with Gasteiger partial charge in [0, 0.05) is 25.6 Å². The molecule has 150 valence electrons. The van der Waals surface area contributed by atoms with E-state index in [0.717, 1.165) is 37.7 Å². The number of carbonyl (C=O) groups excluding carboxylic acids is 1. The van der Waals surface area contributed by atoms with E-state index in [2.05, 4.69) is 28.1 Å². The van der Waals surface area contributed by atoms with Gasteiger partial charge in [0.2, 0.25) is 5.91 Å². The first-order chi connectivity index (χ1) is 14.2. The number of fused-ring (bicyclic) bond motifs is 2. The van der Waals surface area contributed by atoms with Crippen LogP contribution in [0.4, 0.5) is 10.1 Å². The van der Waals surface area contributed by atoms with Crippen molar-refractivity contribution in [3.63, 3.8) is 0 Å². The lowest BCUT2D eigenvalue weighted by Crippen LogP contribution is -2.51. The quantitative estimate of drug-likeness (QED) is 0.623. The molecule has 3 heterocycles. The topological polar surface area (TPSA) is 36.4 Å². The molecule has 0 unspecified atom stereocenters. The zero-order valence-electron chi connectivity index (χ0n) is 16.3. The molecule has 2 aromatic carbocycles. The summed E-state index contributed by atoms with van der Waals surface area (Å²) in [5.74, 6) is 0.208. The van der Waals surface area contributed by atoms with Crippen molar-refractivity contribution < 1.29 is 9.18 Å². The third-order valence-electron chi connectivity index (χ3n) is 6.30. The molecule has 0 radical (unpaired) electrons. The van der Waals surface area contributed by atoms with Crippen molar-refractivity contribution in [2.75, 3.05) is 24.5 Å². The van der Waals surface area contributed by atoms with Gasteiger partial charge in [-0.15, -0.1) is 11.3 Å². The zero-order valence-corrected chi connectivity index (χ0v) is 17.1. The summed E-state index contributed by atoms with van der Waals surface area (Å²) in [6.45, 7) is 2.11. The van der Waals surface area contributed by atoms with Gasteiger partial charge in [-0.25, -0.2) is 9.37 Å². The minimum atomic E-state index is -0.181. The van der Waals surface area contributed by atoms with Gasteiger partial charge in [0.25, 0.3) is 0 Å². The predicted molar refractivity (Wildman–Crippen MR) is 115 cm³/mol. The van der Waals surface area contributed by atoms with Crippen molar-refractivity contribution in [3.05, 3.63) is 59.4 Å². The predicted octanol–water partition coefficient (Wildman–Crippen LogP) is 4.50. The number of carbonyl (C=O) groups is 1. The zero-order chi connectivity index (χ0) is 19.8. The highest BCUT2D eigenvalue weighted by molar-refractivity contribution is 7.16. The summed E-state index contributed by atoms with van der Waals surface area (Å²) in [4.78, 5) is 21.4. The molecule has 2 aliphatic heterocycles. The Labute approximate surface area is 174 Å². The normalized spacial score (nSPS) is 21.8. The molecule has 5 rings (SSSR count). The van der Waals surface area contributed by atoms with Crippen LogP contribution in [-0.2, 0) is 11.2 Å². The van der Waals surface area contributed by atoms with E-state index in [-0.39, 0.29) is 17.8 Å². The molecule has 29 heavy (non-hydrogen) atoms. The molecular weight excluding hydrogens is 385 g/mol. The Morgan fingerprint density at radius 2 is 2.03 bits per heavy atom.